The largest absolute Gasteiger partial charge is 0.358 e. The van der Waals surface area contributed by atoms with Gasteiger partial charge in [0.05, 0.1) is 11.5 Å². The second-order valence-electron chi connectivity index (χ2n) is 5.75. The van der Waals surface area contributed by atoms with Gasteiger partial charge in [0.25, 0.3) is 0 Å². The summed E-state index contributed by atoms with van der Waals surface area (Å²) >= 11 is 0. The van der Waals surface area contributed by atoms with Crippen molar-refractivity contribution < 1.29 is 0 Å². The first kappa shape index (κ1) is 10.4. The van der Waals surface area contributed by atoms with E-state index in [1.54, 1.807) is 0 Å². The van der Waals surface area contributed by atoms with Crippen LogP contribution in [-0.4, -0.2) is 4.98 Å². The Kier molecular flexibility index (Phi) is 1.79. The quantitative estimate of drug-likeness (QED) is 0.788. The van der Waals surface area contributed by atoms with Crippen LogP contribution in [0.3, 0.4) is 0 Å². The Balaban J connectivity index is 2.33. The maximum atomic E-state index is 9.58. The summed E-state index contributed by atoms with van der Waals surface area (Å²) in [5.74, 6) is 0. The number of nitriles is 1. The number of nitrogens with zero attached hydrogens (tertiary/aromatic N) is 1. The molecule has 0 spiro atoms. The average molecular weight is 224 g/mol. The summed E-state index contributed by atoms with van der Waals surface area (Å²) in [6, 6.07) is 10.8. The van der Waals surface area contributed by atoms with Crippen molar-refractivity contribution in [2.24, 2.45) is 5.41 Å². The van der Waals surface area contributed by atoms with E-state index in [1.165, 1.54) is 10.9 Å². The molecule has 1 saturated carbocycles. The van der Waals surface area contributed by atoms with Gasteiger partial charge in [-0.05, 0) is 24.8 Å². The molecule has 17 heavy (non-hydrogen) atoms. The van der Waals surface area contributed by atoms with Gasteiger partial charge >= 0.3 is 0 Å². The van der Waals surface area contributed by atoms with E-state index in [9.17, 15) is 5.26 Å². The molecule has 1 unspecified atom stereocenters. The van der Waals surface area contributed by atoms with Gasteiger partial charge in [0.2, 0.25) is 0 Å². The van der Waals surface area contributed by atoms with E-state index in [0.29, 0.717) is 0 Å². The van der Waals surface area contributed by atoms with Gasteiger partial charge < -0.3 is 4.98 Å². The maximum Gasteiger partial charge on any atom is 0.0902 e. The second kappa shape index (κ2) is 2.92. The minimum Gasteiger partial charge on any atom is -0.358 e. The van der Waals surface area contributed by atoms with Gasteiger partial charge in [-0.3, -0.25) is 0 Å². The SMILES string of the molecule is Cc1[nH]c2ccccc2c1C1(C#N)CC1(C)C. The Labute approximate surface area is 101 Å². The normalized spacial score (nSPS) is 25.8. The molecule has 1 fully saturated rings. The summed E-state index contributed by atoms with van der Waals surface area (Å²) in [5.41, 5.74) is 3.28. The number of para-hydroxylation sites is 1. The monoisotopic (exact) mass is 224 g/mol. The molecule has 0 amide bonds. The highest BCUT2D eigenvalue weighted by Crippen LogP contribution is 2.65. The van der Waals surface area contributed by atoms with Gasteiger partial charge in [0.1, 0.15) is 0 Å². The Bertz CT molecular complexity index is 642. The number of aryl methyl sites for hydroxylation is 1. The third-order valence-electron chi connectivity index (χ3n) is 4.25. The predicted molar refractivity (Wildman–Crippen MR) is 68.7 cm³/mol. The summed E-state index contributed by atoms with van der Waals surface area (Å²) in [6.45, 7) is 6.43. The van der Waals surface area contributed by atoms with E-state index in [-0.39, 0.29) is 10.8 Å². The summed E-state index contributed by atoms with van der Waals surface area (Å²) in [7, 11) is 0. The lowest BCUT2D eigenvalue weighted by Gasteiger charge is -2.12. The summed E-state index contributed by atoms with van der Waals surface area (Å²) in [5, 5.41) is 10.8. The van der Waals surface area contributed by atoms with Crippen LogP contribution in [0.4, 0.5) is 0 Å². The second-order valence-corrected chi connectivity index (χ2v) is 5.75. The van der Waals surface area contributed by atoms with E-state index in [1.807, 2.05) is 12.1 Å². The number of rotatable bonds is 1. The topological polar surface area (TPSA) is 39.6 Å². The number of hydrogen-bond acceptors (Lipinski definition) is 1. The van der Waals surface area contributed by atoms with Crippen LogP contribution in [0.1, 0.15) is 31.5 Å². The lowest BCUT2D eigenvalue weighted by molar-refractivity contribution is 0.570. The molecule has 1 N–H and O–H groups in total. The molecule has 0 bridgehead atoms. The van der Waals surface area contributed by atoms with E-state index in [2.05, 4.69) is 44.0 Å². The zero-order chi connectivity index (χ0) is 12.3. The molecular formula is C15H16N2. The predicted octanol–water partition coefficient (Wildman–Crippen LogP) is 3.67. The van der Waals surface area contributed by atoms with Crippen molar-refractivity contribution in [3.63, 3.8) is 0 Å². The van der Waals surface area contributed by atoms with Crippen LogP contribution in [-0.2, 0) is 5.41 Å². The number of nitrogens with one attached hydrogen (secondary N) is 1. The molecule has 0 saturated heterocycles. The molecule has 2 heteroatoms. The van der Waals surface area contributed by atoms with Crippen molar-refractivity contribution in [3.8, 4) is 6.07 Å². The van der Waals surface area contributed by atoms with Gasteiger partial charge in [0.15, 0.2) is 0 Å². The first-order valence-electron chi connectivity index (χ1n) is 6.01. The van der Waals surface area contributed by atoms with Crippen molar-refractivity contribution in [1.29, 1.82) is 5.26 Å². The molecule has 1 aromatic carbocycles. The summed E-state index contributed by atoms with van der Waals surface area (Å²) in [6.07, 6.45) is 0.958. The van der Waals surface area contributed by atoms with Gasteiger partial charge in [0, 0.05) is 22.2 Å². The molecule has 1 aromatic heterocycles. The lowest BCUT2D eigenvalue weighted by atomic mass is 9.87. The van der Waals surface area contributed by atoms with Crippen LogP contribution in [0.5, 0.6) is 0 Å². The molecule has 2 nitrogen and oxygen atoms in total. The standard InChI is InChI=1S/C15H16N2/c1-10-13(15(9-16)8-14(15,2)3)11-6-4-5-7-12(11)17-10/h4-7,17H,8H2,1-3H3. The molecule has 0 aliphatic heterocycles. The Morgan fingerprint density at radius 3 is 2.53 bits per heavy atom. The number of aromatic nitrogens is 1. The maximum absolute atomic E-state index is 9.58. The Morgan fingerprint density at radius 1 is 1.29 bits per heavy atom. The fourth-order valence-electron chi connectivity index (χ4n) is 3.12. The number of fused-ring (bicyclic) bond motifs is 1. The van der Waals surface area contributed by atoms with Crippen LogP contribution >= 0.6 is 0 Å². The first-order chi connectivity index (χ1) is 8.02. The number of aromatic amines is 1. The van der Waals surface area contributed by atoms with Crippen LogP contribution in [0, 0.1) is 23.7 Å². The first-order valence-corrected chi connectivity index (χ1v) is 6.01. The number of H-pyrrole nitrogens is 1. The van der Waals surface area contributed by atoms with Crippen LogP contribution < -0.4 is 0 Å². The smallest absolute Gasteiger partial charge is 0.0902 e. The zero-order valence-corrected chi connectivity index (χ0v) is 10.5. The molecule has 1 aliphatic carbocycles. The minimum absolute atomic E-state index is 0.0947. The zero-order valence-electron chi connectivity index (χ0n) is 10.5. The average Bonchev–Trinajstić information content (AvgIpc) is 2.68. The van der Waals surface area contributed by atoms with Crippen LogP contribution in [0.25, 0.3) is 10.9 Å². The van der Waals surface area contributed by atoms with Crippen LogP contribution in [0.15, 0.2) is 24.3 Å². The van der Waals surface area contributed by atoms with Crippen molar-refractivity contribution in [2.75, 3.05) is 0 Å². The molecule has 2 aromatic rings. The van der Waals surface area contributed by atoms with E-state index in [0.717, 1.165) is 17.6 Å². The molecular weight excluding hydrogens is 208 g/mol. The van der Waals surface area contributed by atoms with Gasteiger partial charge in [-0.25, -0.2) is 0 Å². The highest BCUT2D eigenvalue weighted by atomic mass is 14.8. The highest BCUT2D eigenvalue weighted by Gasteiger charge is 2.64. The van der Waals surface area contributed by atoms with Gasteiger partial charge in [-0.15, -0.1) is 0 Å². The third-order valence-corrected chi connectivity index (χ3v) is 4.25. The highest BCUT2D eigenvalue weighted by molar-refractivity contribution is 5.87. The fraction of sp³-hybridized carbons (Fsp3) is 0.400. The lowest BCUT2D eigenvalue weighted by Crippen LogP contribution is -2.12. The summed E-state index contributed by atoms with van der Waals surface area (Å²) < 4.78 is 0. The molecule has 1 heterocycles. The molecule has 0 radical (unpaired) electrons. The van der Waals surface area contributed by atoms with Crippen molar-refractivity contribution in [2.45, 2.75) is 32.6 Å². The molecule has 1 aliphatic rings. The fourth-order valence-corrected chi connectivity index (χ4v) is 3.12. The summed E-state index contributed by atoms with van der Waals surface area (Å²) in [4.78, 5) is 3.39. The number of benzene rings is 1. The molecule has 86 valence electrons. The molecule has 1 atom stereocenters. The van der Waals surface area contributed by atoms with E-state index in [4.69, 9.17) is 0 Å². The minimum atomic E-state index is -0.295. The van der Waals surface area contributed by atoms with Crippen molar-refractivity contribution in [1.82, 2.24) is 4.98 Å². The molecule has 3 rings (SSSR count). The van der Waals surface area contributed by atoms with Gasteiger partial charge in [-0.1, -0.05) is 32.0 Å². The Hall–Kier alpha value is -1.75. The van der Waals surface area contributed by atoms with Crippen LogP contribution in [0.2, 0.25) is 0 Å². The third kappa shape index (κ3) is 1.14. The van der Waals surface area contributed by atoms with E-state index < -0.39 is 0 Å². The van der Waals surface area contributed by atoms with Crippen molar-refractivity contribution in [3.05, 3.63) is 35.5 Å². The van der Waals surface area contributed by atoms with Gasteiger partial charge in [-0.2, -0.15) is 5.26 Å². The van der Waals surface area contributed by atoms with E-state index >= 15 is 0 Å². The Morgan fingerprint density at radius 2 is 1.94 bits per heavy atom. The number of hydrogen-bond donors (Lipinski definition) is 1. The van der Waals surface area contributed by atoms with Crippen molar-refractivity contribution >= 4 is 10.9 Å².